The second-order valence-corrected chi connectivity index (χ2v) is 4.76. The van der Waals surface area contributed by atoms with E-state index in [0.717, 1.165) is 12.0 Å². The SMILES string of the molecule is COCCn1nc(C(=O)NCCc2ccccc2)ccc1=O. The first-order valence-corrected chi connectivity index (χ1v) is 7.10. The molecule has 1 amide bonds. The fourth-order valence-electron chi connectivity index (χ4n) is 1.96. The first kappa shape index (κ1) is 15.9. The minimum absolute atomic E-state index is 0.226. The largest absolute Gasteiger partial charge is 0.383 e. The molecule has 116 valence electrons. The van der Waals surface area contributed by atoms with Crippen LogP contribution in [0.3, 0.4) is 0 Å². The summed E-state index contributed by atoms with van der Waals surface area (Å²) in [6, 6.07) is 12.7. The first-order chi connectivity index (χ1) is 10.7. The number of benzene rings is 1. The molecule has 22 heavy (non-hydrogen) atoms. The molecule has 0 aliphatic rings. The summed E-state index contributed by atoms with van der Waals surface area (Å²) in [5.74, 6) is -0.290. The highest BCUT2D eigenvalue weighted by Crippen LogP contribution is 1.98. The summed E-state index contributed by atoms with van der Waals surface area (Å²) in [6.45, 7) is 1.20. The topological polar surface area (TPSA) is 73.2 Å². The molecule has 6 heteroatoms. The zero-order valence-corrected chi connectivity index (χ0v) is 12.5. The number of carbonyl (C=O) groups is 1. The van der Waals surface area contributed by atoms with Crippen molar-refractivity contribution in [2.24, 2.45) is 0 Å². The Morgan fingerprint density at radius 2 is 2.00 bits per heavy atom. The minimum atomic E-state index is -0.290. The van der Waals surface area contributed by atoms with Crippen molar-refractivity contribution in [3.8, 4) is 0 Å². The molecule has 0 saturated heterocycles. The molecule has 0 bridgehead atoms. The van der Waals surface area contributed by atoms with Gasteiger partial charge in [0.2, 0.25) is 0 Å². The lowest BCUT2D eigenvalue weighted by molar-refractivity contribution is 0.0945. The van der Waals surface area contributed by atoms with Gasteiger partial charge in [-0.3, -0.25) is 9.59 Å². The van der Waals surface area contributed by atoms with Crippen LogP contribution in [0.25, 0.3) is 0 Å². The van der Waals surface area contributed by atoms with E-state index in [4.69, 9.17) is 4.74 Å². The van der Waals surface area contributed by atoms with Gasteiger partial charge in [0.1, 0.15) is 5.69 Å². The summed E-state index contributed by atoms with van der Waals surface area (Å²) in [6.07, 6.45) is 0.746. The molecule has 0 spiro atoms. The quantitative estimate of drug-likeness (QED) is 0.823. The molecular formula is C16H19N3O3. The van der Waals surface area contributed by atoms with Crippen molar-refractivity contribution in [3.63, 3.8) is 0 Å². The van der Waals surface area contributed by atoms with Crippen molar-refractivity contribution in [2.75, 3.05) is 20.3 Å². The predicted molar refractivity (Wildman–Crippen MR) is 82.9 cm³/mol. The van der Waals surface area contributed by atoms with E-state index >= 15 is 0 Å². The molecular weight excluding hydrogens is 282 g/mol. The predicted octanol–water partition coefficient (Wildman–Crippen LogP) is 0.862. The molecule has 1 aromatic carbocycles. The summed E-state index contributed by atoms with van der Waals surface area (Å²) >= 11 is 0. The van der Waals surface area contributed by atoms with Crippen LogP contribution in [0.15, 0.2) is 47.3 Å². The van der Waals surface area contributed by atoms with Crippen LogP contribution in [0.4, 0.5) is 0 Å². The molecule has 1 aromatic heterocycles. The Morgan fingerprint density at radius 1 is 1.23 bits per heavy atom. The lowest BCUT2D eigenvalue weighted by Crippen LogP contribution is -2.31. The zero-order valence-electron chi connectivity index (χ0n) is 12.5. The van der Waals surface area contributed by atoms with Crippen LogP contribution in [0.2, 0.25) is 0 Å². The Kier molecular flexibility index (Phi) is 5.85. The summed E-state index contributed by atoms with van der Waals surface area (Å²) in [5, 5.41) is 6.85. The number of hydrogen-bond donors (Lipinski definition) is 1. The highest BCUT2D eigenvalue weighted by molar-refractivity contribution is 5.91. The van der Waals surface area contributed by atoms with Crippen LogP contribution in [-0.4, -0.2) is 35.9 Å². The Labute approximate surface area is 128 Å². The smallest absolute Gasteiger partial charge is 0.271 e. The van der Waals surface area contributed by atoms with E-state index in [1.54, 1.807) is 7.11 Å². The number of ether oxygens (including phenoxy) is 1. The van der Waals surface area contributed by atoms with Crippen molar-refractivity contribution in [2.45, 2.75) is 13.0 Å². The molecule has 0 aliphatic heterocycles. The monoisotopic (exact) mass is 301 g/mol. The van der Waals surface area contributed by atoms with Gasteiger partial charge in [-0.05, 0) is 18.1 Å². The fourth-order valence-corrected chi connectivity index (χ4v) is 1.96. The van der Waals surface area contributed by atoms with Gasteiger partial charge in [0.15, 0.2) is 0 Å². The van der Waals surface area contributed by atoms with Crippen LogP contribution in [-0.2, 0) is 17.7 Å². The molecule has 0 unspecified atom stereocenters. The van der Waals surface area contributed by atoms with Gasteiger partial charge in [-0.15, -0.1) is 0 Å². The van der Waals surface area contributed by atoms with E-state index in [2.05, 4.69) is 10.4 Å². The maximum Gasteiger partial charge on any atom is 0.271 e. The van der Waals surface area contributed by atoms with E-state index < -0.39 is 0 Å². The summed E-state index contributed by atoms with van der Waals surface area (Å²) in [7, 11) is 1.55. The highest BCUT2D eigenvalue weighted by Gasteiger charge is 2.09. The maximum absolute atomic E-state index is 12.1. The number of nitrogens with zero attached hydrogens (tertiary/aromatic N) is 2. The van der Waals surface area contributed by atoms with Gasteiger partial charge in [0.05, 0.1) is 13.2 Å². The molecule has 2 rings (SSSR count). The van der Waals surface area contributed by atoms with Gasteiger partial charge < -0.3 is 10.1 Å². The van der Waals surface area contributed by atoms with Gasteiger partial charge in [-0.1, -0.05) is 30.3 Å². The maximum atomic E-state index is 12.1. The van der Waals surface area contributed by atoms with E-state index in [1.165, 1.54) is 16.8 Å². The number of methoxy groups -OCH3 is 1. The van der Waals surface area contributed by atoms with Gasteiger partial charge in [-0.25, -0.2) is 4.68 Å². The van der Waals surface area contributed by atoms with Crippen LogP contribution >= 0.6 is 0 Å². The van der Waals surface area contributed by atoms with Gasteiger partial charge in [0, 0.05) is 19.7 Å². The van der Waals surface area contributed by atoms with Crippen LogP contribution in [0, 0.1) is 0 Å². The van der Waals surface area contributed by atoms with Crippen LogP contribution in [0.1, 0.15) is 16.1 Å². The van der Waals surface area contributed by atoms with Gasteiger partial charge in [-0.2, -0.15) is 5.10 Å². The molecule has 6 nitrogen and oxygen atoms in total. The number of rotatable bonds is 7. The third-order valence-electron chi connectivity index (χ3n) is 3.15. The Balaban J connectivity index is 1.93. The molecule has 0 atom stereocenters. The Morgan fingerprint density at radius 3 is 2.73 bits per heavy atom. The Bertz CT molecular complexity index is 668. The molecule has 0 saturated carbocycles. The third kappa shape index (κ3) is 4.53. The average Bonchev–Trinajstić information content (AvgIpc) is 2.55. The number of amides is 1. The Hall–Kier alpha value is -2.47. The van der Waals surface area contributed by atoms with Crippen molar-refractivity contribution < 1.29 is 9.53 Å². The zero-order chi connectivity index (χ0) is 15.8. The molecule has 1 N–H and O–H groups in total. The van der Waals surface area contributed by atoms with E-state index in [1.807, 2.05) is 30.3 Å². The summed E-state index contributed by atoms with van der Waals surface area (Å²) in [5.41, 5.74) is 1.13. The van der Waals surface area contributed by atoms with E-state index in [9.17, 15) is 9.59 Å². The fraction of sp³-hybridized carbons (Fsp3) is 0.312. The number of nitrogens with one attached hydrogen (secondary N) is 1. The standard InChI is InChI=1S/C16H19N3O3/c1-22-12-11-19-15(20)8-7-14(18-19)16(21)17-10-9-13-5-3-2-4-6-13/h2-8H,9-12H2,1H3,(H,17,21). The first-order valence-electron chi connectivity index (χ1n) is 7.10. The number of carbonyl (C=O) groups excluding carboxylic acids is 1. The summed E-state index contributed by atoms with van der Waals surface area (Å²) < 4.78 is 6.15. The lowest BCUT2D eigenvalue weighted by atomic mass is 10.1. The van der Waals surface area contributed by atoms with Crippen molar-refractivity contribution in [3.05, 3.63) is 64.1 Å². The van der Waals surface area contributed by atoms with Crippen LogP contribution in [0.5, 0.6) is 0 Å². The summed E-state index contributed by atoms with van der Waals surface area (Å²) in [4.78, 5) is 23.7. The van der Waals surface area contributed by atoms with Gasteiger partial charge in [0.25, 0.3) is 11.5 Å². The molecule has 1 heterocycles. The highest BCUT2D eigenvalue weighted by atomic mass is 16.5. The number of hydrogen-bond acceptors (Lipinski definition) is 4. The lowest BCUT2D eigenvalue weighted by Gasteiger charge is -2.07. The molecule has 0 aliphatic carbocycles. The number of aromatic nitrogens is 2. The second kappa shape index (κ2) is 8.09. The van der Waals surface area contributed by atoms with Gasteiger partial charge >= 0.3 is 0 Å². The third-order valence-corrected chi connectivity index (χ3v) is 3.15. The molecule has 0 fully saturated rings. The normalized spacial score (nSPS) is 10.4. The molecule has 2 aromatic rings. The van der Waals surface area contributed by atoms with Crippen molar-refractivity contribution >= 4 is 5.91 Å². The second-order valence-electron chi connectivity index (χ2n) is 4.76. The molecule has 0 radical (unpaired) electrons. The van der Waals surface area contributed by atoms with Crippen molar-refractivity contribution in [1.29, 1.82) is 0 Å². The van der Waals surface area contributed by atoms with E-state index in [-0.39, 0.29) is 17.2 Å². The van der Waals surface area contributed by atoms with E-state index in [0.29, 0.717) is 19.7 Å². The average molecular weight is 301 g/mol. The minimum Gasteiger partial charge on any atom is -0.383 e. The van der Waals surface area contributed by atoms with Crippen molar-refractivity contribution in [1.82, 2.24) is 15.1 Å². The van der Waals surface area contributed by atoms with Crippen LogP contribution < -0.4 is 10.9 Å².